The molecule has 2 N–H and O–H groups in total. The minimum Gasteiger partial charge on any atom is -0.445 e. The summed E-state index contributed by atoms with van der Waals surface area (Å²) in [6, 6.07) is 15.3. The number of nitrogens with zero attached hydrogens (tertiary/aromatic N) is 4. The fourth-order valence-corrected chi connectivity index (χ4v) is 10.5. The van der Waals surface area contributed by atoms with Crippen molar-refractivity contribution in [2.75, 3.05) is 66.1 Å². The number of rotatable bonds is 21. The van der Waals surface area contributed by atoms with Gasteiger partial charge >= 0.3 is 24.3 Å². The quantitative estimate of drug-likeness (QED) is 0.0608. The maximum Gasteiger partial charge on any atom is 0.416 e. The van der Waals surface area contributed by atoms with E-state index in [4.69, 9.17) is 28.4 Å². The molecule has 6 unspecified atom stereocenters. The van der Waals surface area contributed by atoms with E-state index < -0.39 is 95.4 Å². The summed E-state index contributed by atoms with van der Waals surface area (Å²) in [5, 5.41) is 22.8. The van der Waals surface area contributed by atoms with Gasteiger partial charge in [0.1, 0.15) is 25.2 Å². The molecule has 4 saturated heterocycles. The zero-order valence-corrected chi connectivity index (χ0v) is 44.8. The van der Waals surface area contributed by atoms with Crippen molar-refractivity contribution in [3.63, 3.8) is 0 Å². The number of aliphatic hydroxyl groups excluding tert-OH is 2. The largest absolute Gasteiger partial charge is 0.445 e. The Hall–Kier alpha value is -6.12. The van der Waals surface area contributed by atoms with Gasteiger partial charge in [-0.15, -0.1) is 0 Å². The minimum absolute atomic E-state index is 0.00167. The van der Waals surface area contributed by atoms with Crippen molar-refractivity contribution in [2.45, 2.75) is 126 Å². The third-order valence-electron chi connectivity index (χ3n) is 15.4. The standard InChI is InChI=1S/C58H66F8N4O12/c59-43-13-1-37(2-14-43)33-69(45-17-25-67(26-18-45)29-21-47-23-31-77-35-79-47)53(73)51(39-5-9-41(10-6-39)57(61,62)63)81-55(75)49(71)50(72)56(76)82-52(40-7-11-42(12-8-40)58(64,65)66)54(74)70(34-38-3-15-44(60)16-4-38)46-19-27-68(28-20-46)30-22-48-24-32-78-36-80-48/h1-16,45-52,71-72H,17-36H2. The predicted molar refractivity (Wildman–Crippen MR) is 275 cm³/mol. The summed E-state index contributed by atoms with van der Waals surface area (Å²) in [4.78, 5) is 65.2. The fourth-order valence-electron chi connectivity index (χ4n) is 10.5. The van der Waals surface area contributed by atoms with E-state index >= 15 is 9.59 Å². The summed E-state index contributed by atoms with van der Waals surface area (Å²) < 4.78 is 145. The molecule has 6 atom stereocenters. The lowest BCUT2D eigenvalue weighted by Crippen LogP contribution is -2.50. The number of piperidine rings is 2. The van der Waals surface area contributed by atoms with Gasteiger partial charge in [0.05, 0.1) is 36.5 Å². The van der Waals surface area contributed by atoms with Gasteiger partial charge in [-0.1, -0.05) is 48.5 Å². The third-order valence-corrected chi connectivity index (χ3v) is 15.4. The first-order valence-electron chi connectivity index (χ1n) is 27.2. The summed E-state index contributed by atoms with van der Waals surface area (Å²) in [5.74, 6) is -6.78. The van der Waals surface area contributed by atoms with Gasteiger partial charge in [-0.05, 0) is 111 Å². The number of ether oxygens (including phenoxy) is 6. The van der Waals surface area contributed by atoms with Crippen LogP contribution < -0.4 is 0 Å². The van der Waals surface area contributed by atoms with Crippen LogP contribution in [-0.2, 0) is 73.0 Å². The van der Waals surface area contributed by atoms with Crippen molar-refractivity contribution >= 4 is 23.8 Å². The van der Waals surface area contributed by atoms with Gasteiger partial charge in [0.15, 0.2) is 12.2 Å². The van der Waals surface area contributed by atoms with Crippen molar-refractivity contribution in [3.8, 4) is 0 Å². The van der Waals surface area contributed by atoms with Crippen molar-refractivity contribution < 1.29 is 92.9 Å². The van der Waals surface area contributed by atoms with Gasteiger partial charge in [0.2, 0.25) is 12.2 Å². The van der Waals surface area contributed by atoms with Gasteiger partial charge in [-0.25, -0.2) is 18.4 Å². The molecule has 0 bridgehead atoms. The van der Waals surface area contributed by atoms with Gasteiger partial charge in [0.25, 0.3) is 11.8 Å². The number of benzene rings is 4. The molecule has 4 aromatic rings. The molecule has 82 heavy (non-hydrogen) atoms. The highest BCUT2D eigenvalue weighted by molar-refractivity contribution is 5.91. The van der Waals surface area contributed by atoms with Crippen LogP contribution in [0.4, 0.5) is 35.1 Å². The Balaban J connectivity index is 1.03. The smallest absolute Gasteiger partial charge is 0.416 e. The maximum absolute atomic E-state index is 15.0. The van der Waals surface area contributed by atoms with E-state index in [9.17, 15) is 54.9 Å². The molecule has 4 aromatic carbocycles. The van der Waals surface area contributed by atoms with Crippen LogP contribution in [-0.4, -0.2) is 156 Å². The zero-order valence-electron chi connectivity index (χ0n) is 44.8. The van der Waals surface area contributed by atoms with E-state index in [0.717, 1.165) is 74.2 Å². The number of hydrogen-bond acceptors (Lipinski definition) is 14. The summed E-state index contributed by atoms with van der Waals surface area (Å²) >= 11 is 0. The van der Waals surface area contributed by atoms with E-state index in [2.05, 4.69) is 9.80 Å². The number of carbonyl (C=O) groups is 4. The molecule has 0 radical (unpaired) electrons. The number of amides is 2. The van der Waals surface area contributed by atoms with Gasteiger partial charge in [-0.3, -0.25) is 9.59 Å². The summed E-state index contributed by atoms with van der Waals surface area (Å²) in [6.07, 6.45) is -15.3. The molecule has 4 aliphatic rings. The van der Waals surface area contributed by atoms with Crippen molar-refractivity contribution in [2.24, 2.45) is 0 Å². The Morgan fingerprint density at radius 2 is 0.866 bits per heavy atom. The number of carbonyl (C=O) groups excluding carboxylic acids is 4. The average Bonchev–Trinajstić information content (AvgIpc) is 3.53. The van der Waals surface area contributed by atoms with Crippen LogP contribution in [0.2, 0.25) is 0 Å². The SMILES string of the molecule is O=C(OC(C(=O)N(Cc1ccc(F)cc1)C1CCN(CCC2CCOCO2)CC1)c1ccc(C(F)(F)F)cc1)C(O)C(O)C(=O)OC(C(=O)N(Cc1ccc(F)cc1)C1CCN(CCC2CCOCO2)CC1)c1ccc(C(F)(F)F)cc1. The predicted octanol–water partition coefficient (Wildman–Crippen LogP) is 7.89. The highest BCUT2D eigenvalue weighted by Gasteiger charge is 2.43. The van der Waals surface area contributed by atoms with Crippen molar-refractivity contribution in [1.82, 2.24) is 19.6 Å². The normalized spacial score (nSPS) is 20.5. The molecule has 0 aliphatic carbocycles. The summed E-state index contributed by atoms with van der Waals surface area (Å²) in [7, 11) is 0. The lowest BCUT2D eigenvalue weighted by Gasteiger charge is -2.40. The summed E-state index contributed by atoms with van der Waals surface area (Å²) in [6.45, 7) is 4.43. The second-order valence-electron chi connectivity index (χ2n) is 20.9. The average molecular weight is 1160 g/mol. The lowest BCUT2D eigenvalue weighted by molar-refractivity contribution is -0.184. The maximum atomic E-state index is 15.0. The molecule has 0 saturated carbocycles. The third kappa shape index (κ3) is 17.0. The van der Waals surface area contributed by atoms with Crippen LogP contribution in [0, 0.1) is 11.6 Å². The fraction of sp³-hybridized carbons (Fsp3) is 0.517. The van der Waals surface area contributed by atoms with Crippen LogP contribution in [0.5, 0.6) is 0 Å². The van der Waals surface area contributed by atoms with Crippen LogP contribution in [0.15, 0.2) is 97.1 Å². The van der Waals surface area contributed by atoms with Crippen LogP contribution in [0.1, 0.15) is 97.0 Å². The molecule has 2 amide bonds. The number of hydrogen-bond donors (Lipinski definition) is 2. The van der Waals surface area contributed by atoms with Crippen molar-refractivity contribution in [3.05, 3.63) is 142 Å². The first-order valence-corrected chi connectivity index (χ1v) is 27.2. The zero-order chi connectivity index (χ0) is 58.6. The van der Waals surface area contributed by atoms with Crippen LogP contribution in [0.3, 0.4) is 0 Å². The van der Waals surface area contributed by atoms with E-state index in [-0.39, 0.29) is 50.0 Å². The highest BCUT2D eigenvalue weighted by atomic mass is 19.4. The second-order valence-corrected chi connectivity index (χ2v) is 20.9. The Morgan fingerprint density at radius 1 is 0.524 bits per heavy atom. The molecule has 4 aliphatic heterocycles. The molecule has 0 aromatic heterocycles. The van der Waals surface area contributed by atoms with E-state index in [1.54, 1.807) is 0 Å². The molecule has 8 rings (SSSR count). The molecular formula is C58H66F8N4O12. The second kappa shape index (κ2) is 28.4. The van der Waals surface area contributed by atoms with E-state index in [1.165, 1.54) is 34.1 Å². The number of alkyl halides is 6. The van der Waals surface area contributed by atoms with Gasteiger partial charge in [0, 0.05) is 75.6 Å². The Bertz CT molecular complexity index is 2510. The topological polar surface area (TPSA) is 177 Å². The number of esters is 2. The van der Waals surface area contributed by atoms with Gasteiger partial charge < -0.3 is 58.2 Å². The first kappa shape index (κ1) is 61.9. The molecule has 4 heterocycles. The van der Waals surface area contributed by atoms with Gasteiger partial charge in [-0.2, -0.15) is 26.3 Å². The van der Waals surface area contributed by atoms with E-state index in [0.29, 0.717) is 114 Å². The highest BCUT2D eigenvalue weighted by Crippen LogP contribution is 2.35. The minimum atomic E-state index is -4.83. The number of halogens is 8. The number of aliphatic hydroxyl groups is 2. The Kier molecular flexibility index (Phi) is 21.5. The summed E-state index contributed by atoms with van der Waals surface area (Å²) in [5.41, 5.74) is -1.99. The molecular weight excluding hydrogens is 1100 g/mol. The first-order chi connectivity index (χ1) is 39.2. The van der Waals surface area contributed by atoms with Crippen LogP contribution >= 0.6 is 0 Å². The Morgan fingerprint density at radius 3 is 1.17 bits per heavy atom. The molecule has 0 spiro atoms. The molecule has 24 heteroatoms. The lowest BCUT2D eigenvalue weighted by atomic mass is 9.98. The molecule has 16 nitrogen and oxygen atoms in total. The number of likely N-dealkylation sites (tertiary alicyclic amines) is 2. The van der Waals surface area contributed by atoms with Crippen LogP contribution in [0.25, 0.3) is 0 Å². The molecule has 446 valence electrons. The van der Waals surface area contributed by atoms with Crippen molar-refractivity contribution in [1.29, 1.82) is 0 Å². The van der Waals surface area contributed by atoms with E-state index in [1.807, 2.05) is 0 Å². The molecule has 4 fully saturated rings. The Labute approximate surface area is 468 Å². The monoisotopic (exact) mass is 1160 g/mol.